The highest BCUT2D eigenvalue weighted by atomic mass is 32.1. The van der Waals surface area contributed by atoms with E-state index in [9.17, 15) is 4.79 Å². The molecular formula is C14H17N3O3S. The standard InChI is InChI=1S/C14H17N3O3S/c18-13(19)6-10-2-1-4-17(7-10)8-12-15-14(16-20-12)11-3-5-21-9-11/h3,5,9-10H,1-2,4,6-8H2,(H,18,19). The van der Waals surface area contributed by atoms with E-state index >= 15 is 0 Å². The smallest absolute Gasteiger partial charge is 0.303 e. The summed E-state index contributed by atoms with van der Waals surface area (Å²) in [5.74, 6) is 0.701. The number of aliphatic carboxylic acids is 1. The number of hydrogen-bond donors (Lipinski definition) is 1. The molecule has 2 aromatic rings. The normalized spacial score (nSPS) is 19.7. The number of thiophene rings is 1. The molecule has 0 bridgehead atoms. The van der Waals surface area contributed by atoms with Gasteiger partial charge >= 0.3 is 5.97 Å². The van der Waals surface area contributed by atoms with Crippen LogP contribution in [0.25, 0.3) is 11.4 Å². The molecule has 1 unspecified atom stereocenters. The number of aromatic nitrogens is 2. The van der Waals surface area contributed by atoms with E-state index in [4.69, 9.17) is 9.63 Å². The molecule has 2 aromatic heterocycles. The lowest BCUT2D eigenvalue weighted by atomic mass is 9.95. The first kappa shape index (κ1) is 14.2. The Morgan fingerprint density at radius 3 is 3.24 bits per heavy atom. The van der Waals surface area contributed by atoms with Gasteiger partial charge in [0.25, 0.3) is 0 Å². The Bertz CT molecular complexity index is 596. The molecule has 0 amide bonds. The number of nitrogens with zero attached hydrogens (tertiary/aromatic N) is 3. The maximum atomic E-state index is 10.8. The minimum Gasteiger partial charge on any atom is -0.481 e. The van der Waals surface area contributed by atoms with E-state index in [1.54, 1.807) is 11.3 Å². The van der Waals surface area contributed by atoms with Crippen LogP contribution in [0.2, 0.25) is 0 Å². The van der Waals surface area contributed by atoms with Crippen molar-refractivity contribution in [2.75, 3.05) is 13.1 Å². The topological polar surface area (TPSA) is 79.5 Å². The number of carbonyl (C=O) groups is 1. The van der Waals surface area contributed by atoms with Gasteiger partial charge in [-0.15, -0.1) is 0 Å². The summed E-state index contributed by atoms with van der Waals surface area (Å²) >= 11 is 1.60. The maximum Gasteiger partial charge on any atom is 0.303 e. The van der Waals surface area contributed by atoms with Crippen molar-refractivity contribution in [1.29, 1.82) is 0 Å². The van der Waals surface area contributed by atoms with Gasteiger partial charge in [0.1, 0.15) is 0 Å². The summed E-state index contributed by atoms with van der Waals surface area (Å²) in [7, 11) is 0. The highest BCUT2D eigenvalue weighted by molar-refractivity contribution is 7.08. The molecule has 1 atom stereocenters. The highest BCUT2D eigenvalue weighted by Gasteiger charge is 2.23. The van der Waals surface area contributed by atoms with Crippen LogP contribution in [0.15, 0.2) is 21.3 Å². The van der Waals surface area contributed by atoms with Crippen LogP contribution in [-0.4, -0.2) is 39.2 Å². The predicted octanol–water partition coefficient (Wildman–Crippen LogP) is 2.48. The third kappa shape index (κ3) is 3.68. The molecule has 21 heavy (non-hydrogen) atoms. The molecule has 7 heteroatoms. The first-order valence-corrected chi connectivity index (χ1v) is 7.94. The molecule has 0 saturated carbocycles. The van der Waals surface area contributed by atoms with Gasteiger partial charge in [-0.05, 0) is 36.8 Å². The lowest BCUT2D eigenvalue weighted by Gasteiger charge is -2.30. The average Bonchev–Trinajstić information content (AvgIpc) is 3.08. The Morgan fingerprint density at radius 2 is 2.48 bits per heavy atom. The van der Waals surface area contributed by atoms with Gasteiger partial charge in [0, 0.05) is 23.9 Å². The summed E-state index contributed by atoms with van der Waals surface area (Å²) in [5.41, 5.74) is 0.970. The maximum absolute atomic E-state index is 10.8. The molecule has 3 heterocycles. The van der Waals surface area contributed by atoms with Gasteiger partial charge < -0.3 is 9.63 Å². The number of rotatable bonds is 5. The number of piperidine rings is 1. The lowest BCUT2D eigenvalue weighted by molar-refractivity contribution is -0.138. The van der Waals surface area contributed by atoms with Crippen LogP contribution in [0.3, 0.4) is 0 Å². The average molecular weight is 307 g/mol. The van der Waals surface area contributed by atoms with Crippen molar-refractivity contribution in [2.24, 2.45) is 5.92 Å². The summed E-state index contributed by atoms with van der Waals surface area (Å²) in [6.07, 6.45) is 2.23. The van der Waals surface area contributed by atoms with Crippen molar-refractivity contribution in [3.05, 3.63) is 22.7 Å². The minimum absolute atomic E-state index is 0.218. The van der Waals surface area contributed by atoms with Crippen molar-refractivity contribution in [3.63, 3.8) is 0 Å². The van der Waals surface area contributed by atoms with E-state index in [1.807, 2.05) is 16.8 Å². The zero-order valence-corrected chi connectivity index (χ0v) is 12.4. The van der Waals surface area contributed by atoms with Gasteiger partial charge in [-0.25, -0.2) is 0 Å². The van der Waals surface area contributed by atoms with E-state index in [0.717, 1.165) is 31.5 Å². The summed E-state index contributed by atoms with van der Waals surface area (Å²) in [6, 6.07) is 1.96. The van der Waals surface area contributed by atoms with E-state index in [1.165, 1.54) is 0 Å². The summed E-state index contributed by atoms with van der Waals surface area (Å²) < 4.78 is 5.29. The molecule has 1 aliphatic rings. The molecule has 1 saturated heterocycles. The second-order valence-corrected chi connectivity index (χ2v) is 6.15. The molecule has 1 aliphatic heterocycles. The van der Waals surface area contributed by atoms with Crippen LogP contribution >= 0.6 is 11.3 Å². The van der Waals surface area contributed by atoms with Crippen LogP contribution in [0.4, 0.5) is 0 Å². The van der Waals surface area contributed by atoms with Crippen molar-refractivity contribution in [2.45, 2.75) is 25.8 Å². The Balaban J connectivity index is 1.60. The molecule has 0 spiro atoms. The number of hydrogen-bond acceptors (Lipinski definition) is 6. The van der Waals surface area contributed by atoms with E-state index in [2.05, 4.69) is 15.0 Å². The van der Waals surface area contributed by atoms with Crippen molar-refractivity contribution < 1.29 is 14.4 Å². The first-order valence-electron chi connectivity index (χ1n) is 7.00. The molecule has 0 radical (unpaired) electrons. The van der Waals surface area contributed by atoms with Crippen molar-refractivity contribution in [1.82, 2.24) is 15.0 Å². The van der Waals surface area contributed by atoms with Gasteiger partial charge in [0.05, 0.1) is 6.54 Å². The van der Waals surface area contributed by atoms with Crippen molar-refractivity contribution in [3.8, 4) is 11.4 Å². The fourth-order valence-corrected chi connectivity index (χ4v) is 3.36. The summed E-state index contributed by atoms with van der Waals surface area (Å²) in [5, 5.41) is 16.8. The zero-order valence-electron chi connectivity index (χ0n) is 11.6. The van der Waals surface area contributed by atoms with Crippen LogP contribution in [0, 0.1) is 5.92 Å². The Morgan fingerprint density at radius 1 is 1.57 bits per heavy atom. The Kier molecular flexibility index (Phi) is 4.31. The SMILES string of the molecule is O=C(O)CC1CCCN(Cc2nc(-c3ccsc3)no2)C1. The Labute approximate surface area is 126 Å². The molecule has 0 aliphatic carbocycles. The monoisotopic (exact) mass is 307 g/mol. The van der Waals surface area contributed by atoms with E-state index in [-0.39, 0.29) is 12.3 Å². The zero-order chi connectivity index (χ0) is 14.7. The van der Waals surface area contributed by atoms with Crippen LogP contribution in [0.5, 0.6) is 0 Å². The molecular weight excluding hydrogens is 290 g/mol. The van der Waals surface area contributed by atoms with Gasteiger partial charge in [0.2, 0.25) is 11.7 Å². The fraction of sp³-hybridized carbons (Fsp3) is 0.500. The number of likely N-dealkylation sites (tertiary alicyclic amines) is 1. The second-order valence-electron chi connectivity index (χ2n) is 5.36. The number of carboxylic acid groups (broad SMARTS) is 1. The third-order valence-electron chi connectivity index (χ3n) is 3.67. The van der Waals surface area contributed by atoms with Crippen molar-refractivity contribution >= 4 is 17.3 Å². The van der Waals surface area contributed by atoms with Gasteiger partial charge in [0.15, 0.2) is 0 Å². The molecule has 1 N–H and O–H groups in total. The van der Waals surface area contributed by atoms with Crippen LogP contribution < -0.4 is 0 Å². The Hall–Kier alpha value is -1.73. The van der Waals surface area contributed by atoms with Gasteiger partial charge in [-0.2, -0.15) is 16.3 Å². The van der Waals surface area contributed by atoms with Gasteiger partial charge in [-0.3, -0.25) is 9.69 Å². The molecule has 3 rings (SSSR count). The fourth-order valence-electron chi connectivity index (χ4n) is 2.73. The van der Waals surface area contributed by atoms with Gasteiger partial charge in [-0.1, -0.05) is 5.16 Å². The third-order valence-corrected chi connectivity index (χ3v) is 4.36. The van der Waals surface area contributed by atoms with E-state index < -0.39 is 5.97 Å². The largest absolute Gasteiger partial charge is 0.481 e. The van der Waals surface area contributed by atoms with Crippen LogP contribution in [0.1, 0.15) is 25.2 Å². The molecule has 6 nitrogen and oxygen atoms in total. The summed E-state index contributed by atoms with van der Waals surface area (Å²) in [6.45, 7) is 2.32. The lowest BCUT2D eigenvalue weighted by Crippen LogP contribution is -2.35. The molecule has 112 valence electrons. The molecule has 0 aromatic carbocycles. The minimum atomic E-state index is -0.723. The highest BCUT2D eigenvalue weighted by Crippen LogP contribution is 2.22. The first-order chi connectivity index (χ1) is 10.2. The van der Waals surface area contributed by atoms with E-state index in [0.29, 0.717) is 18.3 Å². The quantitative estimate of drug-likeness (QED) is 0.914. The molecule has 1 fully saturated rings. The van der Waals surface area contributed by atoms with Crippen LogP contribution in [-0.2, 0) is 11.3 Å². The predicted molar refractivity (Wildman–Crippen MR) is 77.9 cm³/mol. The second kappa shape index (κ2) is 6.36. The summed E-state index contributed by atoms with van der Waals surface area (Å²) in [4.78, 5) is 17.4. The number of carboxylic acids is 1.